The summed E-state index contributed by atoms with van der Waals surface area (Å²) < 4.78 is 30.7. The van der Waals surface area contributed by atoms with Gasteiger partial charge in [0.1, 0.15) is 0 Å². The zero-order valence-electron chi connectivity index (χ0n) is 15.8. The number of hydrogen-bond donors (Lipinski definition) is 1. The topological polar surface area (TPSA) is 84.0 Å². The maximum absolute atomic E-state index is 12.7. The van der Waals surface area contributed by atoms with Crippen molar-refractivity contribution < 1.29 is 13.5 Å². The van der Waals surface area contributed by atoms with E-state index in [2.05, 4.69) is 9.63 Å². The lowest BCUT2D eigenvalue weighted by Gasteiger charge is -2.09. The van der Waals surface area contributed by atoms with Gasteiger partial charge in [0.05, 0.1) is 10.4 Å². The van der Waals surface area contributed by atoms with Crippen LogP contribution in [0.2, 0.25) is 0 Å². The predicted octanol–water partition coefficient (Wildman–Crippen LogP) is 5.09. The minimum Gasteiger partial charge on any atom is -0.493 e. The van der Waals surface area contributed by atoms with Crippen LogP contribution in [0.15, 0.2) is 57.0 Å². The fraction of sp³-hybridized carbons (Fsp3) is 0.300. The molecule has 0 fully saturated rings. The molecule has 1 aromatic heterocycles. The molecular weight excluding hydrogens is 362 g/mol. The van der Waals surface area contributed by atoms with Crippen LogP contribution in [0.3, 0.4) is 0 Å². The van der Waals surface area contributed by atoms with Crippen molar-refractivity contribution in [2.45, 2.75) is 39.1 Å². The Morgan fingerprint density at radius 2 is 1.81 bits per heavy atom. The Morgan fingerprint density at radius 3 is 2.52 bits per heavy atom. The van der Waals surface area contributed by atoms with Crippen molar-refractivity contribution in [1.82, 2.24) is 4.57 Å². The number of fused-ring (bicyclic) bond motifs is 1. The molecule has 1 N–H and O–H groups in total. The number of aryl methyl sites for hydroxylation is 2. The molecule has 0 atom stereocenters. The van der Waals surface area contributed by atoms with E-state index < -0.39 is 10.0 Å². The maximum atomic E-state index is 12.7. The van der Waals surface area contributed by atoms with Gasteiger partial charge in [0.15, 0.2) is 5.69 Å². The van der Waals surface area contributed by atoms with E-state index in [0.29, 0.717) is 23.4 Å². The predicted molar refractivity (Wildman–Crippen MR) is 106 cm³/mol. The van der Waals surface area contributed by atoms with Gasteiger partial charge in [-0.05, 0) is 43.0 Å². The molecule has 27 heavy (non-hydrogen) atoms. The zero-order chi connectivity index (χ0) is 19.8. The van der Waals surface area contributed by atoms with Crippen LogP contribution in [0, 0.1) is 19.8 Å². The summed E-state index contributed by atoms with van der Waals surface area (Å²) in [6.07, 6.45) is 0. The summed E-state index contributed by atoms with van der Waals surface area (Å²) in [7, 11) is -3.97. The van der Waals surface area contributed by atoms with Crippen LogP contribution >= 0.6 is 0 Å². The van der Waals surface area contributed by atoms with Gasteiger partial charge in [-0.25, -0.2) is 0 Å². The second-order valence-corrected chi connectivity index (χ2v) is 8.67. The normalized spacial score (nSPS) is 12.5. The fourth-order valence-corrected chi connectivity index (χ4v) is 4.13. The smallest absolute Gasteiger partial charge is 0.300 e. The maximum Gasteiger partial charge on any atom is 0.300 e. The number of nitrogens with zero attached hydrogens (tertiary/aromatic N) is 3. The van der Waals surface area contributed by atoms with E-state index in [1.807, 2.05) is 45.0 Å². The molecule has 0 aliphatic rings. The van der Waals surface area contributed by atoms with Crippen molar-refractivity contribution >= 4 is 26.6 Å². The van der Waals surface area contributed by atoms with Gasteiger partial charge in [0.25, 0.3) is 10.0 Å². The third kappa shape index (κ3) is 3.73. The van der Waals surface area contributed by atoms with Gasteiger partial charge in [-0.2, -0.15) is 8.42 Å². The van der Waals surface area contributed by atoms with E-state index in [0.717, 1.165) is 11.1 Å². The molecular formula is C20H23N3O3S. The molecule has 0 aliphatic carbocycles. The van der Waals surface area contributed by atoms with Gasteiger partial charge < -0.3 is 9.67 Å². The average Bonchev–Trinajstić information content (AvgIpc) is 2.87. The van der Waals surface area contributed by atoms with Crippen molar-refractivity contribution in [2.75, 3.05) is 0 Å². The summed E-state index contributed by atoms with van der Waals surface area (Å²) in [5, 5.41) is 15.3. The number of sulfonamides is 1. The van der Waals surface area contributed by atoms with E-state index >= 15 is 0 Å². The average molecular weight is 385 g/mol. The minimum absolute atomic E-state index is 0.0789. The van der Waals surface area contributed by atoms with Crippen molar-refractivity contribution in [3.8, 4) is 5.88 Å². The molecule has 2 aromatic carbocycles. The van der Waals surface area contributed by atoms with Gasteiger partial charge in [0.2, 0.25) is 5.88 Å². The lowest BCUT2D eigenvalue weighted by atomic mass is 10.2. The summed E-state index contributed by atoms with van der Waals surface area (Å²) >= 11 is 0. The molecule has 0 amide bonds. The molecule has 6 nitrogen and oxygen atoms in total. The van der Waals surface area contributed by atoms with Crippen LogP contribution in [-0.4, -0.2) is 18.1 Å². The molecule has 1 heterocycles. The molecule has 142 valence electrons. The first-order valence-electron chi connectivity index (χ1n) is 8.76. The van der Waals surface area contributed by atoms with Gasteiger partial charge in [0, 0.05) is 11.9 Å². The first-order chi connectivity index (χ1) is 12.7. The third-order valence-electron chi connectivity index (χ3n) is 4.34. The lowest BCUT2D eigenvalue weighted by Crippen LogP contribution is -2.03. The van der Waals surface area contributed by atoms with E-state index in [-0.39, 0.29) is 16.5 Å². The number of rotatable bonds is 5. The van der Waals surface area contributed by atoms with Gasteiger partial charge in [-0.1, -0.05) is 48.7 Å². The fourth-order valence-electron chi connectivity index (χ4n) is 3.04. The lowest BCUT2D eigenvalue weighted by molar-refractivity contribution is 0.401. The van der Waals surface area contributed by atoms with Crippen LogP contribution < -0.4 is 0 Å². The largest absolute Gasteiger partial charge is 0.493 e. The van der Waals surface area contributed by atoms with Gasteiger partial charge in [-0.3, -0.25) is 0 Å². The highest BCUT2D eigenvalue weighted by Gasteiger charge is 2.20. The van der Waals surface area contributed by atoms with Gasteiger partial charge in [-0.15, -0.1) is 5.11 Å². The molecule has 3 aromatic rings. The summed E-state index contributed by atoms with van der Waals surface area (Å²) in [6, 6.07) is 12.5. The Kier molecular flexibility index (Phi) is 5.06. The summed E-state index contributed by atoms with van der Waals surface area (Å²) in [6.45, 7) is 8.21. The van der Waals surface area contributed by atoms with Crippen molar-refractivity contribution in [3.63, 3.8) is 0 Å². The molecule has 0 bridgehead atoms. The minimum atomic E-state index is -3.97. The first-order valence-corrected chi connectivity index (χ1v) is 10.2. The second kappa shape index (κ2) is 7.15. The summed E-state index contributed by atoms with van der Waals surface area (Å²) in [5.74, 6) is 0.222. The second-order valence-electron chi connectivity index (χ2n) is 7.12. The van der Waals surface area contributed by atoms with Crippen molar-refractivity contribution in [3.05, 3.63) is 53.6 Å². The molecule has 0 unspecified atom stereocenters. The highest BCUT2D eigenvalue weighted by molar-refractivity contribution is 7.90. The Labute approximate surface area is 159 Å². The van der Waals surface area contributed by atoms with Crippen LogP contribution in [0.5, 0.6) is 5.88 Å². The number of hydrogen-bond acceptors (Lipinski definition) is 4. The standard InChI is InChI=1S/C20H23N3O3S/c1-13(2)12-23-17-8-6-5-7-16(17)19(20(23)24)21-22-27(25,26)18-11-14(3)9-10-15(18)4/h5-11,13,24H,12H2,1-4H3. The molecule has 0 aliphatic heterocycles. The number of aromatic nitrogens is 1. The molecule has 3 rings (SSSR count). The number of para-hydroxylation sites is 1. The SMILES string of the molecule is Cc1ccc(C)c(S(=O)(=O)N=Nc2c(O)n(CC(C)C)c3ccccc23)c1. The Morgan fingerprint density at radius 1 is 1.11 bits per heavy atom. The monoisotopic (exact) mass is 385 g/mol. The highest BCUT2D eigenvalue weighted by atomic mass is 32.2. The molecule has 0 saturated carbocycles. The van der Waals surface area contributed by atoms with Crippen LogP contribution in [0.4, 0.5) is 5.69 Å². The number of benzene rings is 2. The van der Waals surface area contributed by atoms with Crippen molar-refractivity contribution in [1.29, 1.82) is 0 Å². The quantitative estimate of drug-likeness (QED) is 0.621. The van der Waals surface area contributed by atoms with Crippen LogP contribution in [-0.2, 0) is 16.6 Å². The zero-order valence-corrected chi connectivity index (χ0v) is 16.7. The van der Waals surface area contributed by atoms with Gasteiger partial charge >= 0.3 is 0 Å². The van der Waals surface area contributed by atoms with E-state index in [1.165, 1.54) is 0 Å². The van der Waals surface area contributed by atoms with E-state index in [9.17, 15) is 13.5 Å². The van der Waals surface area contributed by atoms with Crippen molar-refractivity contribution in [2.24, 2.45) is 15.6 Å². The molecule has 7 heteroatoms. The van der Waals surface area contributed by atoms with E-state index in [4.69, 9.17) is 0 Å². The highest BCUT2D eigenvalue weighted by Crippen LogP contribution is 2.39. The Hall–Kier alpha value is -2.67. The summed E-state index contributed by atoms with van der Waals surface area (Å²) in [4.78, 5) is 0.122. The molecule has 0 saturated heterocycles. The van der Waals surface area contributed by atoms with Crippen LogP contribution in [0.1, 0.15) is 25.0 Å². The Bertz CT molecular complexity index is 1130. The first kappa shape index (κ1) is 19.1. The Balaban J connectivity index is 2.11. The third-order valence-corrected chi connectivity index (χ3v) is 5.63. The molecule has 0 spiro atoms. The van der Waals surface area contributed by atoms with E-state index in [1.54, 1.807) is 29.7 Å². The number of aromatic hydroxyl groups is 1. The summed E-state index contributed by atoms with van der Waals surface area (Å²) in [5.41, 5.74) is 2.39. The molecule has 0 radical (unpaired) electrons. The van der Waals surface area contributed by atoms with Crippen LogP contribution in [0.25, 0.3) is 10.9 Å².